The number of aryl methyl sites for hydroxylation is 2. The van der Waals surface area contributed by atoms with Gasteiger partial charge in [-0.25, -0.2) is 0 Å². The van der Waals surface area contributed by atoms with Crippen LogP contribution in [0.2, 0.25) is 0 Å². The Kier molecular flexibility index (Phi) is 3.31. The SMILES string of the molecule is Cc1ccc2cc(C(O)c3c(Br)cnn3C)ccc2n1. The van der Waals surface area contributed by atoms with Crippen LogP contribution in [0.1, 0.15) is 23.1 Å². The lowest BCUT2D eigenvalue weighted by Gasteiger charge is -2.13. The Morgan fingerprint density at radius 2 is 2.05 bits per heavy atom. The van der Waals surface area contributed by atoms with E-state index in [9.17, 15) is 5.11 Å². The molecular formula is C15H14BrN3O. The minimum atomic E-state index is -0.720. The summed E-state index contributed by atoms with van der Waals surface area (Å²) in [6, 6.07) is 9.79. The highest BCUT2D eigenvalue weighted by Gasteiger charge is 2.18. The smallest absolute Gasteiger partial charge is 0.122 e. The van der Waals surface area contributed by atoms with Crippen molar-refractivity contribution in [3.63, 3.8) is 0 Å². The molecule has 1 aromatic carbocycles. The number of aliphatic hydroxyl groups is 1. The van der Waals surface area contributed by atoms with E-state index in [0.717, 1.165) is 32.3 Å². The number of hydrogen-bond donors (Lipinski definition) is 1. The van der Waals surface area contributed by atoms with E-state index in [-0.39, 0.29) is 0 Å². The first-order valence-corrected chi connectivity index (χ1v) is 7.08. The monoisotopic (exact) mass is 331 g/mol. The Morgan fingerprint density at radius 3 is 2.75 bits per heavy atom. The molecule has 0 spiro atoms. The van der Waals surface area contributed by atoms with Crippen LogP contribution in [-0.2, 0) is 7.05 Å². The number of benzene rings is 1. The summed E-state index contributed by atoms with van der Waals surface area (Å²) in [7, 11) is 1.81. The van der Waals surface area contributed by atoms with Gasteiger partial charge in [-0.05, 0) is 46.6 Å². The van der Waals surface area contributed by atoms with Gasteiger partial charge in [-0.2, -0.15) is 5.10 Å². The molecule has 2 aromatic heterocycles. The van der Waals surface area contributed by atoms with Crippen molar-refractivity contribution in [1.29, 1.82) is 0 Å². The maximum Gasteiger partial charge on any atom is 0.122 e. The van der Waals surface area contributed by atoms with Crippen molar-refractivity contribution in [2.45, 2.75) is 13.0 Å². The zero-order valence-corrected chi connectivity index (χ0v) is 12.8. The van der Waals surface area contributed by atoms with E-state index in [1.165, 1.54) is 0 Å². The molecular weight excluding hydrogens is 318 g/mol. The Hall–Kier alpha value is -1.72. The molecule has 5 heteroatoms. The number of aromatic nitrogens is 3. The zero-order valence-electron chi connectivity index (χ0n) is 11.2. The molecule has 102 valence electrons. The lowest BCUT2D eigenvalue weighted by atomic mass is 10.0. The molecule has 3 aromatic rings. The van der Waals surface area contributed by atoms with Crippen molar-refractivity contribution in [3.8, 4) is 0 Å². The molecule has 0 bridgehead atoms. The van der Waals surface area contributed by atoms with E-state index in [0.29, 0.717) is 0 Å². The number of hydrogen-bond acceptors (Lipinski definition) is 3. The van der Waals surface area contributed by atoms with Gasteiger partial charge in [-0.3, -0.25) is 9.67 Å². The molecule has 0 fully saturated rings. The first-order valence-electron chi connectivity index (χ1n) is 6.29. The van der Waals surface area contributed by atoms with Gasteiger partial charge in [-0.1, -0.05) is 12.1 Å². The molecule has 4 nitrogen and oxygen atoms in total. The fraction of sp³-hybridized carbons (Fsp3) is 0.200. The Balaban J connectivity index is 2.08. The zero-order chi connectivity index (χ0) is 14.3. The quantitative estimate of drug-likeness (QED) is 0.784. The van der Waals surface area contributed by atoms with Crippen molar-refractivity contribution in [2.75, 3.05) is 0 Å². The van der Waals surface area contributed by atoms with Crippen molar-refractivity contribution < 1.29 is 5.11 Å². The largest absolute Gasteiger partial charge is 0.382 e. The maximum absolute atomic E-state index is 10.5. The molecule has 2 heterocycles. The molecule has 3 rings (SSSR count). The summed E-state index contributed by atoms with van der Waals surface area (Å²) >= 11 is 3.42. The Morgan fingerprint density at radius 1 is 1.25 bits per heavy atom. The number of fused-ring (bicyclic) bond motifs is 1. The highest BCUT2D eigenvalue weighted by atomic mass is 79.9. The van der Waals surface area contributed by atoms with E-state index in [1.807, 2.05) is 44.3 Å². The third-order valence-corrected chi connectivity index (χ3v) is 3.98. The van der Waals surface area contributed by atoms with Gasteiger partial charge in [0.05, 0.1) is 21.9 Å². The minimum absolute atomic E-state index is 0.720. The van der Waals surface area contributed by atoms with Crippen LogP contribution in [0.5, 0.6) is 0 Å². The maximum atomic E-state index is 10.5. The number of rotatable bonds is 2. The second kappa shape index (κ2) is 5.00. The van der Waals surface area contributed by atoms with Crippen molar-refractivity contribution in [2.24, 2.45) is 7.05 Å². The second-order valence-electron chi connectivity index (χ2n) is 4.81. The molecule has 20 heavy (non-hydrogen) atoms. The van der Waals surface area contributed by atoms with E-state index in [2.05, 4.69) is 26.0 Å². The third-order valence-electron chi connectivity index (χ3n) is 3.36. The molecule has 1 unspecified atom stereocenters. The molecule has 0 aliphatic rings. The van der Waals surface area contributed by atoms with Crippen molar-refractivity contribution in [3.05, 3.63) is 58.0 Å². The minimum Gasteiger partial charge on any atom is -0.382 e. The average molecular weight is 332 g/mol. The normalized spacial score (nSPS) is 12.8. The van der Waals surface area contributed by atoms with E-state index in [1.54, 1.807) is 10.9 Å². The van der Waals surface area contributed by atoms with Crippen LogP contribution in [0.4, 0.5) is 0 Å². The van der Waals surface area contributed by atoms with Crippen LogP contribution in [0.25, 0.3) is 10.9 Å². The third kappa shape index (κ3) is 2.23. The van der Waals surface area contributed by atoms with Crippen LogP contribution in [0.15, 0.2) is 41.0 Å². The van der Waals surface area contributed by atoms with Gasteiger partial charge in [0.1, 0.15) is 6.10 Å². The summed E-state index contributed by atoms with van der Waals surface area (Å²) < 4.78 is 2.47. The second-order valence-corrected chi connectivity index (χ2v) is 5.66. The summed E-state index contributed by atoms with van der Waals surface area (Å²) in [6.45, 7) is 1.97. The Bertz CT molecular complexity index is 762. The topological polar surface area (TPSA) is 50.9 Å². The first kappa shape index (κ1) is 13.3. The molecule has 0 saturated heterocycles. The van der Waals surface area contributed by atoms with Gasteiger partial charge in [0, 0.05) is 18.1 Å². The molecule has 0 amide bonds. The first-order chi connectivity index (χ1) is 9.56. The summed E-state index contributed by atoms with van der Waals surface area (Å²) in [5.41, 5.74) is 3.49. The van der Waals surface area contributed by atoms with Gasteiger partial charge < -0.3 is 5.11 Å². The highest BCUT2D eigenvalue weighted by molar-refractivity contribution is 9.10. The summed E-state index contributed by atoms with van der Waals surface area (Å²) in [4.78, 5) is 4.47. The predicted octanol–water partition coefficient (Wildman–Crippen LogP) is 3.12. The number of aliphatic hydroxyl groups excluding tert-OH is 1. The molecule has 0 radical (unpaired) electrons. The van der Waals surface area contributed by atoms with E-state index < -0.39 is 6.10 Å². The van der Waals surface area contributed by atoms with Crippen LogP contribution < -0.4 is 0 Å². The Labute approximate surface area is 125 Å². The summed E-state index contributed by atoms with van der Waals surface area (Å²) in [5, 5.41) is 15.7. The summed E-state index contributed by atoms with van der Waals surface area (Å²) in [6.07, 6.45) is 0.965. The molecule has 1 atom stereocenters. The number of pyridine rings is 1. The number of nitrogens with zero attached hydrogens (tertiary/aromatic N) is 3. The van der Waals surface area contributed by atoms with Crippen LogP contribution in [0, 0.1) is 6.92 Å². The van der Waals surface area contributed by atoms with Gasteiger partial charge in [0.15, 0.2) is 0 Å². The van der Waals surface area contributed by atoms with Crippen LogP contribution >= 0.6 is 15.9 Å². The highest BCUT2D eigenvalue weighted by Crippen LogP contribution is 2.29. The molecule has 0 aliphatic heterocycles. The lowest BCUT2D eigenvalue weighted by Crippen LogP contribution is -2.07. The number of halogens is 1. The van der Waals surface area contributed by atoms with Gasteiger partial charge in [0.2, 0.25) is 0 Å². The molecule has 0 aliphatic carbocycles. The van der Waals surface area contributed by atoms with Crippen molar-refractivity contribution >= 4 is 26.8 Å². The van der Waals surface area contributed by atoms with E-state index in [4.69, 9.17) is 0 Å². The van der Waals surface area contributed by atoms with Crippen molar-refractivity contribution in [1.82, 2.24) is 14.8 Å². The average Bonchev–Trinajstić information content (AvgIpc) is 2.77. The fourth-order valence-electron chi connectivity index (χ4n) is 2.30. The lowest BCUT2D eigenvalue weighted by molar-refractivity contribution is 0.209. The summed E-state index contributed by atoms with van der Waals surface area (Å²) in [5.74, 6) is 0. The van der Waals surface area contributed by atoms with Gasteiger partial charge in [0.25, 0.3) is 0 Å². The van der Waals surface area contributed by atoms with E-state index >= 15 is 0 Å². The van der Waals surface area contributed by atoms with Crippen LogP contribution in [-0.4, -0.2) is 19.9 Å². The van der Waals surface area contributed by atoms with Gasteiger partial charge in [-0.15, -0.1) is 0 Å². The molecule has 0 saturated carbocycles. The molecule has 1 N–H and O–H groups in total. The van der Waals surface area contributed by atoms with Gasteiger partial charge >= 0.3 is 0 Å². The van der Waals surface area contributed by atoms with Crippen LogP contribution in [0.3, 0.4) is 0 Å². The predicted molar refractivity (Wildman–Crippen MR) is 81.4 cm³/mol. The standard InChI is InChI=1S/C15H14BrN3O/c1-9-3-4-10-7-11(5-6-13(10)18-9)15(20)14-12(16)8-17-19(14)2/h3-8,15,20H,1-2H3. The fourth-order valence-corrected chi connectivity index (χ4v) is 2.87.